The molecule has 1 aromatic heterocycles. The maximum atomic E-state index is 12.3. The Morgan fingerprint density at radius 1 is 1.30 bits per heavy atom. The van der Waals surface area contributed by atoms with Gasteiger partial charge in [0.2, 0.25) is 5.91 Å². The van der Waals surface area contributed by atoms with Crippen molar-refractivity contribution in [1.29, 1.82) is 0 Å². The third kappa shape index (κ3) is 4.12. The largest absolute Gasteiger partial charge is 0.494 e. The summed E-state index contributed by atoms with van der Waals surface area (Å²) in [5.41, 5.74) is 4.01. The number of hydrogen-bond donors (Lipinski definition) is 1. The van der Waals surface area contributed by atoms with E-state index in [0.717, 1.165) is 28.3 Å². The zero-order chi connectivity index (χ0) is 17.0. The van der Waals surface area contributed by atoms with E-state index < -0.39 is 0 Å². The number of aryl methyl sites for hydroxylation is 2. The van der Waals surface area contributed by atoms with E-state index in [1.54, 1.807) is 0 Å². The minimum Gasteiger partial charge on any atom is -0.494 e. The molecule has 23 heavy (non-hydrogen) atoms. The fraction of sp³-hybridized carbons (Fsp3) is 0.444. The van der Waals surface area contributed by atoms with Crippen LogP contribution in [0.2, 0.25) is 0 Å². The van der Waals surface area contributed by atoms with Crippen molar-refractivity contribution in [3.8, 4) is 5.75 Å². The molecule has 0 aliphatic rings. The summed E-state index contributed by atoms with van der Waals surface area (Å²) in [7, 11) is 1.90. The molecule has 0 saturated heterocycles. The Morgan fingerprint density at radius 2 is 1.96 bits per heavy atom. The molecule has 5 nitrogen and oxygen atoms in total. The molecule has 2 aromatic rings. The van der Waals surface area contributed by atoms with Gasteiger partial charge in [-0.05, 0) is 45.4 Å². The molecule has 1 atom stereocenters. The molecule has 0 aliphatic heterocycles. The van der Waals surface area contributed by atoms with E-state index in [-0.39, 0.29) is 11.9 Å². The first-order valence-electron chi connectivity index (χ1n) is 7.93. The molecule has 5 heteroatoms. The number of carbonyl (C=O) groups excluding carboxylic acids is 1. The second kappa shape index (κ2) is 7.31. The van der Waals surface area contributed by atoms with Gasteiger partial charge in [0.1, 0.15) is 5.75 Å². The number of nitrogens with one attached hydrogen (secondary N) is 1. The first-order valence-corrected chi connectivity index (χ1v) is 7.93. The molecule has 1 N–H and O–H groups in total. The summed E-state index contributed by atoms with van der Waals surface area (Å²) < 4.78 is 7.25. The normalized spacial score (nSPS) is 12.0. The number of nitrogens with zero attached hydrogens (tertiary/aromatic N) is 2. The maximum Gasteiger partial charge on any atom is 0.225 e. The van der Waals surface area contributed by atoms with Crippen LogP contribution in [0.5, 0.6) is 5.75 Å². The summed E-state index contributed by atoms with van der Waals surface area (Å²) in [4.78, 5) is 12.3. The van der Waals surface area contributed by atoms with Crippen LogP contribution >= 0.6 is 0 Å². The van der Waals surface area contributed by atoms with Gasteiger partial charge in [-0.2, -0.15) is 5.10 Å². The average Bonchev–Trinajstić information content (AvgIpc) is 2.74. The standard InChI is InChI=1S/C18H25N3O2/c1-6-23-16-9-7-15(8-10-16)12(2)19-18(22)11-17-13(3)20-21(5)14(17)4/h7-10,12H,6,11H2,1-5H3,(H,19,22). The highest BCUT2D eigenvalue weighted by atomic mass is 16.5. The van der Waals surface area contributed by atoms with Crippen LogP contribution in [0.1, 0.15) is 42.4 Å². The Labute approximate surface area is 137 Å². The first kappa shape index (κ1) is 17.1. The number of carbonyl (C=O) groups is 1. The van der Waals surface area contributed by atoms with Crippen LogP contribution in [-0.2, 0) is 18.3 Å². The van der Waals surface area contributed by atoms with E-state index >= 15 is 0 Å². The van der Waals surface area contributed by atoms with Crippen LogP contribution in [0, 0.1) is 13.8 Å². The van der Waals surface area contributed by atoms with Gasteiger partial charge in [0.25, 0.3) is 0 Å². The molecule has 2 rings (SSSR count). The van der Waals surface area contributed by atoms with Gasteiger partial charge in [-0.15, -0.1) is 0 Å². The number of ether oxygens (including phenoxy) is 1. The Hall–Kier alpha value is -2.30. The lowest BCUT2D eigenvalue weighted by Gasteiger charge is -2.15. The van der Waals surface area contributed by atoms with Gasteiger partial charge in [-0.3, -0.25) is 9.48 Å². The predicted molar refractivity (Wildman–Crippen MR) is 90.6 cm³/mol. The van der Waals surface area contributed by atoms with Gasteiger partial charge in [-0.1, -0.05) is 12.1 Å². The first-order chi connectivity index (χ1) is 10.9. The number of aromatic nitrogens is 2. The van der Waals surface area contributed by atoms with E-state index in [4.69, 9.17) is 4.74 Å². The topological polar surface area (TPSA) is 56.1 Å². The summed E-state index contributed by atoms with van der Waals surface area (Å²) in [5, 5.41) is 7.39. The van der Waals surface area contributed by atoms with Crippen LogP contribution in [-0.4, -0.2) is 22.3 Å². The molecular formula is C18H25N3O2. The van der Waals surface area contributed by atoms with Gasteiger partial charge in [0.05, 0.1) is 24.8 Å². The molecule has 0 radical (unpaired) electrons. The van der Waals surface area contributed by atoms with Crippen molar-refractivity contribution in [3.63, 3.8) is 0 Å². The molecule has 1 heterocycles. The molecule has 0 bridgehead atoms. The quantitative estimate of drug-likeness (QED) is 0.892. The third-order valence-corrected chi connectivity index (χ3v) is 4.06. The molecular weight excluding hydrogens is 290 g/mol. The van der Waals surface area contributed by atoms with Gasteiger partial charge in [0, 0.05) is 18.3 Å². The van der Waals surface area contributed by atoms with Crippen LogP contribution in [0.4, 0.5) is 0 Å². The van der Waals surface area contributed by atoms with Crippen molar-refractivity contribution in [1.82, 2.24) is 15.1 Å². The maximum absolute atomic E-state index is 12.3. The van der Waals surface area contributed by atoms with Crippen LogP contribution in [0.15, 0.2) is 24.3 Å². The third-order valence-electron chi connectivity index (χ3n) is 4.06. The number of benzene rings is 1. The van der Waals surface area contributed by atoms with E-state index in [9.17, 15) is 4.79 Å². The van der Waals surface area contributed by atoms with Crippen LogP contribution in [0.3, 0.4) is 0 Å². The zero-order valence-corrected chi connectivity index (χ0v) is 14.5. The van der Waals surface area contributed by atoms with E-state index in [2.05, 4.69) is 10.4 Å². The van der Waals surface area contributed by atoms with Crippen LogP contribution < -0.4 is 10.1 Å². The van der Waals surface area contributed by atoms with Crippen molar-refractivity contribution >= 4 is 5.91 Å². The van der Waals surface area contributed by atoms with Gasteiger partial charge >= 0.3 is 0 Å². The lowest BCUT2D eigenvalue weighted by Crippen LogP contribution is -2.28. The molecule has 1 aromatic carbocycles. The minimum atomic E-state index is -0.0459. The minimum absolute atomic E-state index is 0.00517. The van der Waals surface area contributed by atoms with E-state index in [0.29, 0.717) is 13.0 Å². The number of amides is 1. The number of hydrogen-bond acceptors (Lipinski definition) is 3. The molecule has 1 amide bonds. The Morgan fingerprint density at radius 3 is 2.48 bits per heavy atom. The molecule has 0 fully saturated rings. The fourth-order valence-corrected chi connectivity index (χ4v) is 2.63. The zero-order valence-electron chi connectivity index (χ0n) is 14.5. The van der Waals surface area contributed by atoms with Crippen molar-refractivity contribution in [2.75, 3.05) is 6.61 Å². The number of rotatable bonds is 6. The highest BCUT2D eigenvalue weighted by Gasteiger charge is 2.15. The predicted octanol–water partition coefficient (Wildman–Crippen LogP) is 2.86. The lowest BCUT2D eigenvalue weighted by molar-refractivity contribution is -0.121. The van der Waals surface area contributed by atoms with E-state index in [1.165, 1.54) is 0 Å². The monoisotopic (exact) mass is 315 g/mol. The van der Waals surface area contributed by atoms with Crippen molar-refractivity contribution in [3.05, 3.63) is 46.8 Å². The smallest absolute Gasteiger partial charge is 0.225 e. The van der Waals surface area contributed by atoms with Crippen molar-refractivity contribution in [2.45, 2.75) is 40.2 Å². The highest BCUT2D eigenvalue weighted by Crippen LogP contribution is 2.18. The summed E-state index contributed by atoms with van der Waals surface area (Å²) >= 11 is 0. The van der Waals surface area contributed by atoms with Gasteiger partial charge in [0.15, 0.2) is 0 Å². The summed E-state index contributed by atoms with van der Waals surface area (Å²) in [6.45, 7) is 8.51. The molecule has 0 spiro atoms. The van der Waals surface area contributed by atoms with Gasteiger partial charge < -0.3 is 10.1 Å². The second-order valence-corrected chi connectivity index (χ2v) is 5.74. The fourth-order valence-electron chi connectivity index (χ4n) is 2.63. The van der Waals surface area contributed by atoms with Crippen molar-refractivity contribution < 1.29 is 9.53 Å². The SMILES string of the molecule is CCOc1ccc(C(C)NC(=O)Cc2c(C)nn(C)c2C)cc1. The van der Waals surface area contributed by atoms with Crippen molar-refractivity contribution in [2.24, 2.45) is 7.05 Å². The molecule has 124 valence electrons. The Kier molecular flexibility index (Phi) is 5.42. The van der Waals surface area contributed by atoms with E-state index in [1.807, 2.05) is 63.7 Å². The Bertz CT molecular complexity index is 674. The van der Waals surface area contributed by atoms with Gasteiger partial charge in [-0.25, -0.2) is 0 Å². The molecule has 0 saturated carbocycles. The summed E-state index contributed by atoms with van der Waals surface area (Å²) in [6, 6.07) is 7.77. The lowest BCUT2D eigenvalue weighted by atomic mass is 10.1. The van der Waals surface area contributed by atoms with Crippen LogP contribution in [0.25, 0.3) is 0 Å². The summed E-state index contributed by atoms with van der Waals surface area (Å²) in [6.07, 6.45) is 0.354. The molecule has 0 aliphatic carbocycles. The molecule has 1 unspecified atom stereocenters. The second-order valence-electron chi connectivity index (χ2n) is 5.74. The highest BCUT2D eigenvalue weighted by molar-refractivity contribution is 5.79. The Balaban J connectivity index is 1.99. The average molecular weight is 315 g/mol. The summed E-state index contributed by atoms with van der Waals surface area (Å²) in [5.74, 6) is 0.849.